The van der Waals surface area contributed by atoms with Crippen molar-refractivity contribution in [3.8, 4) is 0 Å². The maximum Gasteiger partial charge on any atom is 0.408 e. The molecular weight excluding hydrogens is 313 g/mol. The molecule has 0 aromatic carbocycles. The van der Waals surface area contributed by atoms with Crippen molar-refractivity contribution >= 4 is 17.3 Å². The molecule has 2 aromatic heterocycles. The molecule has 1 aliphatic rings. The zero-order valence-corrected chi connectivity index (χ0v) is 12.3. The Labute approximate surface area is 129 Å². The number of nitrogens with zero attached hydrogens (tertiary/aromatic N) is 5. The van der Waals surface area contributed by atoms with Crippen LogP contribution in [0.25, 0.3) is 0 Å². The Bertz CT molecular complexity index is 707. The van der Waals surface area contributed by atoms with Crippen LogP contribution in [0.4, 0.5) is 24.5 Å². The van der Waals surface area contributed by atoms with Crippen molar-refractivity contribution in [2.24, 2.45) is 7.05 Å². The number of carbonyl (C=O) groups is 1. The van der Waals surface area contributed by atoms with Crippen molar-refractivity contribution in [1.29, 1.82) is 0 Å². The van der Waals surface area contributed by atoms with Gasteiger partial charge < -0.3 is 10.2 Å². The summed E-state index contributed by atoms with van der Waals surface area (Å²) in [6.45, 7) is -0.631. The van der Waals surface area contributed by atoms with Gasteiger partial charge >= 0.3 is 6.18 Å². The molecule has 0 spiro atoms. The first-order valence-corrected chi connectivity index (χ1v) is 6.97. The van der Waals surface area contributed by atoms with E-state index < -0.39 is 18.8 Å². The Morgan fingerprint density at radius 3 is 2.74 bits per heavy atom. The number of nitrogens with one attached hydrogen (secondary N) is 1. The molecule has 1 N–H and O–H groups in total. The fourth-order valence-electron chi connectivity index (χ4n) is 2.53. The van der Waals surface area contributed by atoms with E-state index in [2.05, 4.69) is 15.5 Å². The maximum atomic E-state index is 12.4. The zero-order valence-electron chi connectivity index (χ0n) is 12.3. The van der Waals surface area contributed by atoms with Crippen LogP contribution in [0.2, 0.25) is 0 Å². The fraction of sp³-hybridized carbons (Fsp3) is 0.462. The van der Waals surface area contributed by atoms with Gasteiger partial charge in [0.1, 0.15) is 12.6 Å². The number of alkyl halides is 3. The first-order valence-electron chi connectivity index (χ1n) is 6.97. The zero-order chi connectivity index (χ0) is 16.6. The van der Waals surface area contributed by atoms with Gasteiger partial charge in [-0.25, -0.2) is 0 Å². The van der Waals surface area contributed by atoms with Crippen molar-refractivity contribution in [2.75, 3.05) is 16.8 Å². The molecule has 124 valence electrons. The standard InChI is InChI=1S/C13H15F3N6O/c1-20-7-10(5-17-20)22-3-2-11(12(22)23)19-9-4-18-21(6-9)8-13(14,15)16/h4-7,11,19H,2-3,8H2,1H3/t11-/m0/s1. The van der Waals surface area contributed by atoms with Gasteiger partial charge in [-0.05, 0) is 6.42 Å². The average Bonchev–Trinajstić information content (AvgIpc) is 3.12. The highest BCUT2D eigenvalue weighted by molar-refractivity contribution is 6.00. The average molecular weight is 328 g/mol. The Morgan fingerprint density at radius 2 is 2.09 bits per heavy atom. The molecule has 1 saturated heterocycles. The van der Waals surface area contributed by atoms with Crippen LogP contribution in [0.5, 0.6) is 0 Å². The second-order valence-corrected chi connectivity index (χ2v) is 5.39. The maximum absolute atomic E-state index is 12.4. The van der Waals surface area contributed by atoms with E-state index >= 15 is 0 Å². The van der Waals surface area contributed by atoms with E-state index in [1.165, 1.54) is 12.4 Å². The monoisotopic (exact) mass is 328 g/mol. The van der Waals surface area contributed by atoms with Crippen LogP contribution < -0.4 is 10.2 Å². The first-order chi connectivity index (χ1) is 10.8. The number of hydrogen-bond donors (Lipinski definition) is 1. The van der Waals surface area contributed by atoms with Crippen molar-refractivity contribution in [3.63, 3.8) is 0 Å². The smallest absolute Gasteiger partial charge is 0.371 e. The predicted molar refractivity (Wildman–Crippen MR) is 75.9 cm³/mol. The van der Waals surface area contributed by atoms with Crippen LogP contribution in [0.15, 0.2) is 24.8 Å². The van der Waals surface area contributed by atoms with E-state index in [9.17, 15) is 18.0 Å². The number of hydrogen-bond acceptors (Lipinski definition) is 4. The van der Waals surface area contributed by atoms with Crippen LogP contribution in [-0.4, -0.2) is 44.2 Å². The lowest BCUT2D eigenvalue weighted by atomic mass is 10.2. The molecule has 10 heteroatoms. The molecular formula is C13H15F3N6O. The molecule has 0 radical (unpaired) electrons. The fourth-order valence-corrected chi connectivity index (χ4v) is 2.53. The lowest BCUT2D eigenvalue weighted by molar-refractivity contribution is -0.142. The van der Waals surface area contributed by atoms with Gasteiger partial charge in [0, 0.05) is 26.0 Å². The van der Waals surface area contributed by atoms with E-state index in [4.69, 9.17) is 0 Å². The number of amides is 1. The molecule has 3 heterocycles. The molecule has 2 aromatic rings. The van der Waals surface area contributed by atoms with Gasteiger partial charge in [0.2, 0.25) is 5.91 Å². The number of carbonyl (C=O) groups excluding carboxylic acids is 1. The highest BCUT2D eigenvalue weighted by Gasteiger charge is 2.33. The van der Waals surface area contributed by atoms with Gasteiger partial charge in [0.25, 0.3) is 0 Å². The minimum atomic E-state index is -4.33. The summed E-state index contributed by atoms with van der Waals surface area (Å²) in [7, 11) is 1.76. The topological polar surface area (TPSA) is 68.0 Å². The van der Waals surface area contributed by atoms with Crippen molar-refractivity contribution in [1.82, 2.24) is 19.6 Å². The third-order valence-corrected chi connectivity index (χ3v) is 3.52. The van der Waals surface area contributed by atoms with Crippen LogP contribution in [-0.2, 0) is 18.4 Å². The summed E-state index contributed by atoms with van der Waals surface area (Å²) in [5, 5.41) is 10.6. The van der Waals surface area contributed by atoms with Gasteiger partial charge in [-0.2, -0.15) is 23.4 Å². The van der Waals surface area contributed by atoms with Crippen molar-refractivity contribution in [3.05, 3.63) is 24.8 Å². The SMILES string of the molecule is Cn1cc(N2CC[C@H](Nc3cnn(CC(F)(F)F)c3)C2=O)cn1. The minimum Gasteiger partial charge on any atom is -0.371 e. The quantitative estimate of drug-likeness (QED) is 0.921. The molecule has 0 aliphatic carbocycles. The highest BCUT2D eigenvalue weighted by Crippen LogP contribution is 2.23. The van der Waals surface area contributed by atoms with Gasteiger partial charge in [-0.1, -0.05) is 0 Å². The number of anilines is 2. The van der Waals surface area contributed by atoms with Gasteiger partial charge in [0.15, 0.2) is 0 Å². The summed E-state index contributed by atoms with van der Waals surface area (Å²) >= 11 is 0. The van der Waals surface area contributed by atoms with Crippen LogP contribution in [0, 0.1) is 0 Å². The molecule has 1 atom stereocenters. The molecule has 0 unspecified atom stereocenters. The third-order valence-electron chi connectivity index (χ3n) is 3.52. The lowest BCUT2D eigenvalue weighted by Gasteiger charge is -2.15. The molecule has 23 heavy (non-hydrogen) atoms. The number of rotatable bonds is 4. The van der Waals surface area contributed by atoms with Crippen LogP contribution in [0.3, 0.4) is 0 Å². The summed E-state index contributed by atoms with van der Waals surface area (Å²) in [5.41, 5.74) is 1.09. The normalized spacial score (nSPS) is 18.7. The summed E-state index contributed by atoms with van der Waals surface area (Å²) in [6.07, 6.45) is 2.09. The lowest BCUT2D eigenvalue weighted by Crippen LogP contribution is -2.33. The minimum absolute atomic E-state index is 0.137. The summed E-state index contributed by atoms with van der Waals surface area (Å²) in [5.74, 6) is -0.137. The number of aromatic nitrogens is 4. The van der Waals surface area contributed by atoms with Crippen LogP contribution >= 0.6 is 0 Å². The van der Waals surface area contributed by atoms with E-state index in [0.717, 1.165) is 4.68 Å². The predicted octanol–water partition coefficient (Wildman–Crippen LogP) is 1.40. The van der Waals surface area contributed by atoms with Crippen molar-refractivity contribution in [2.45, 2.75) is 25.2 Å². The van der Waals surface area contributed by atoms with E-state index in [1.807, 2.05) is 0 Å². The van der Waals surface area contributed by atoms with Gasteiger partial charge in [-0.15, -0.1) is 0 Å². The Balaban J connectivity index is 1.64. The molecule has 1 fully saturated rings. The van der Waals surface area contributed by atoms with E-state index in [-0.39, 0.29) is 5.91 Å². The third kappa shape index (κ3) is 3.46. The van der Waals surface area contributed by atoms with E-state index in [0.29, 0.717) is 24.3 Å². The molecule has 0 saturated carbocycles. The second-order valence-electron chi connectivity index (χ2n) is 5.39. The van der Waals surface area contributed by atoms with Crippen molar-refractivity contribution < 1.29 is 18.0 Å². The summed E-state index contributed by atoms with van der Waals surface area (Å²) < 4.78 is 39.3. The Kier molecular flexibility index (Phi) is 3.74. The molecule has 0 bridgehead atoms. The number of halogens is 3. The Hall–Kier alpha value is -2.52. The van der Waals surface area contributed by atoms with Gasteiger partial charge in [-0.3, -0.25) is 14.2 Å². The first kappa shape index (κ1) is 15.4. The molecule has 3 rings (SSSR count). The van der Waals surface area contributed by atoms with E-state index in [1.54, 1.807) is 29.0 Å². The largest absolute Gasteiger partial charge is 0.408 e. The molecule has 1 aliphatic heterocycles. The summed E-state index contributed by atoms with van der Waals surface area (Å²) in [4.78, 5) is 14.0. The van der Waals surface area contributed by atoms with Gasteiger partial charge in [0.05, 0.1) is 23.8 Å². The molecule has 1 amide bonds. The highest BCUT2D eigenvalue weighted by atomic mass is 19.4. The summed E-state index contributed by atoms with van der Waals surface area (Å²) in [6, 6.07) is -0.487. The number of aryl methyl sites for hydroxylation is 1. The second kappa shape index (κ2) is 5.60. The Morgan fingerprint density at radius 1 is 1.30 bits per heavy atom. The molecule has 7 nitrogen and oxygen atoms in total. The van der Waals surface area contributed by atoms with Crippen LogP contribution in [0.1, 0.15) is 6.42 Å².